The summed E-state index contributed by atoms with van der Waals surface area (Å²) in [6.07, 6.45) is -2.62. The van der Waals surface area contributed by atoms with E-state index in [2.05, 4.69) is 9.47 Å². The lowest BCUT2D eigenvalue weighted by Gasteiger charge is -2.19. The van der Waals surface area contributed by atoms with Gasteiger partial charge in [-0.15, -0.1) is 0 Å². The molecular weight excluding hydrogens is 261 g/mol. The minimum Gasteiger partial charge on any atom is -0.464 e. The van der Waals surface area contributed by atoms with E-state index in [0.29, 0.717) is 12.8 Å². The van der Waals surface area contributed by atoms with Crippen molar-refractivity contribution in [1.29, 1.82) is 0 Å². The normalized spacial score (nSPS) is 13.3. The number of esters is 1. The van der Waals surface area contributed by atoms with E-state index in [-0.39, 0.29) is 13.2 Å². The minimum atomic E-state index is -4.71. The van der Waals surface area contributed by atoms with Crippen LogP contribution in [-0.2, 0) is 14.3 Å². The summed E-state index contributed by atoms with van der Waals surface area (Å²) in [4.78, 5) is 11.3. The molecule has 0 aromatic rings. The zero-order valence-electron chi connectivity index (χ0n) is 11.6. The van der Waals surface area contributed by atoms with Crippen LogP contribution in [0.1, 0.15) is 52.4 Å². The van der Waals surface area contributed by atoms with Crippen molar-refractivity contribution in [2.75, 3.05) is 13.2 Å². The number of alkyl halides is 3. The van der Waals surface area contributed by atoms with Crippen molar-refractivity contribution in [3.63, 3.8) is 0 Å². The van der Waals surface area contributed by atoms with Gasteiger partial charge in [-0.2, -0.15) is 13.2 Å². The topological polar surface area (TPSA) is 35.5 Å². The first-order valence-electron chi connectivity index (χ1n) is 6.78. The Labute approximate surface area is 112 Å². The van der Waals surface area contributed by atoms with E-state index in [1.54, 1.807) is 0 Å². The van der Waals surface area contributed by atoms with Crippen molar-refractivity contribution in [1.82, 2.24) is 0 Å². The maximum atomic E-state index is 12.6. The first-order chi connectivity index (χ1) is 8.93. The molecule has 0 heterocycles. The van der Waals surface area contributed by atoms with Gasteiger partial charge in [0, 0.05) is 6.61 Å². The molecule has 0 N–H and O–H groups in total. The Morgan fingerprint density at radius 2 is 1.63 bits per heavy atom. The highest BCUT2D eigenvalue weighted by Crippen LogP contribution is 2.24. The molecule has 0 aromatic carbocycles. The predicted octanol–water partition coefficient (Wildman–Crippen LogP) is 3.86. The molecule has 0 saturated heterocycles. The lowest BCUT2D eigenvalue weighted by molar-refractivity contribution is -0.230. The SMILES string of the molecule is CCCCCCOC(C(=O)OCCCC)C(F)(F)F. The monoisotopic (exact) mass is 284 g/mol. The summed E-state index contributed by atoms with van der Waals surface area (Å²) < 4.78 is 47.1. The lowest BCUT2D eigenvalue weighted by Crippen LogP contribution is -2.40. The van der Waals surface area contributed by atoms with E-state index in [1.807, 2.05) is 13.8 Å². The van der Waals surface area contributed by atoms with Gasteiger partial charge in [-0.05, 0) is 12.8 Å². The number of halogens is 3. The third-order valence-electron chi connectivity index (χ3n) is 2.54. The highest BCUT2D eigenvalue weighted by Gasteiger charge is 2.47. The average Bonchev–Trinajstić information content (AvgIpc) is 2.32. The van der Waals surface area contributed by atoms with Gasteiger partial charge in [0.2, 0.25) is 0 Å². The average molecular weight is 284 g/mol. The Morgan fingerprint density at radius 1 is 1.00 bits per heavy atom. The molecule has 0 amide bonds. The second-order valence-corrected chi connectivity index (χ2v) is 4.37. The van der Waals surface area contributed by atoms with Gasteiger partial charge in [-0.1, -0.05) is 39.5 Å². The Kier molecular flexibility index (Phi) is 9.65. The van der Waals surface area contributed by atoms with Gasteiger partial charge >= 0.3 is 12.1 Å². The minimum absolute atomic E-state index is 0.00110. The van der Waals surface area contributed by atoms with E-state index >= 15 is 0 Å². The summed E-state index contributed by atoms with van der Waals surface area (Å²) in [7, 11) is 0. The highest BCUT2D eigenvalue weighted by atomic mass is 19.4. The summed E-state index contributed by atoms with van der Waals surface area (Å²) >= 11 is 0. The van der Waals surface area contributed by atoms with Crippen molar-refractivity contribution in [3.05, 3.63) is 0 Å². The first-order valence-corrected chi connectivity index (χ1v) is 6.78. The van der Waals surface area contributed by atoms with Crippen LogP contribution in [0.5, 0.6) is 0 Å². The molecular formula is C13H23F3O3. The van der Waals surface area contributed by atoms with Crippen molar-refractivity contribution >= 4 is 5.97 Å². The van der Waals surface area contributed by atoms with Crippen LogP contribution in [0.25, 0.3) is 0 Å². The lowest BCUT2D eigenvalue weighted by atomic mass is 10.2. The molecule has 0 bridgehead atoms. The van der Waals surface area contributed by atoms with Crippen LogP contribution in [0.3, 0.4) is 0 Å². The van der Waals surface area contributed by atoms with Crippen LogP contribution in [0.4, 0.5) is 13.2 Å². The molecule has 0 saturated carbocycles. The van der Waals surface area contributed by atoms with Gasteiger partial charge < -0.3 is 9.47 Å². The van der Waals surface area contributed by atoms with Crippen LogP contribution in [0.2, 0.25) is 0 Å². The third-order valence-corrected chi connectivity index (χ3v) is 2.54. The summed E-state index contributed by atoms with van der Waals surface area (Å²) in [5, 5.41) is 0. The molecule has 0 aliphatic carbocycles. The van der Waals surface area contributed by atoms with E-state index in [9.17, 15) is 18.0 Å². The Bertz CT molecular complexity index is 242. The van der Waals surface area contributed by atoms with Gasteiger partial charge in [0.05, 0.1) is 6.61 Å². The summed E-state index contributed by atoms with van der Waals surface area (Å²) in [6, 6.07) is 0. The molecule has 3 nitrogen and oxygen atoms in total. The number of unbranched alkanes of at least 4 members (excludes halogenated alkanes) is 4. The fraction of sp³-hybridized carbons (Fsp3) is 0.923. The van der Waals surface area contributed by atoms with Crippen molar-refractivity contribution in [2.45, 2.75) is 64.7 Å². The smallest absolute Gasteiger partial charge is 0.425 e. The van der Waals surface area contributed by atoms with Crippen LogP contribution in [0.15, 0.2) is 0 Å². The molecule has 0 fully saturated rings. The van der Waals surface area contributed by atoms with Gasteiger partial charge in [0.1, 0.15) is 0 Å². The molecule has 114 valence electrons. The quantitative estimate of drug-likeness (QED) is 0.451. The fourth-order valence-corrected chi connectivity index (χ4v) is 1.42. The van der Waals surface area contributed by atoms with Crippen LogP contribution in [-0.4, -0.2) is 31.5 Å². The number of carbonyl (C=O) groups is 1. The maximum Gasteiger partial charge on any atom is 0.425 e. The Hall–Kier alpha value is -0.780. The zero-order valence-corrected chi connectivity index (χ0v) is 11.6. The second-order valence-electron chi connectivity index (χ2n) is 4.37. The van der Waals surface area contributed by atoms with E-state index in [4.69, 9.17) is 0 Å². The largest absolute Gasteiger partial charge is 0.464 e. The molecule has 1 atom stereocenters. The standard InChI is InChI=1S/C13H23F3O3/c1-3-5-7-8-10-18-11(13(14,15)16)12(17)19-9-6-4-2/h11H,3-10H2,1-2H3. The highest BCUT2D eigenvalue weighted by molar-refractivity contribution is 5.75. The molecule has 19 heavy (non-hydrogen) atoms. The van der Waals surface area contributed by atoms with Crippen LogP contribution in [0, 0.1) is 0 Å². The first kappa shape index (κ1) is 18.2. The van der Waals surface area contributed by atoms with Gasteiger partial charge in [0.25, 0.3) is 6.10 Å². The van der Waals surface area contributed by atoms with Gasteiger partial charge in [-0.25, -0.2) is 4.79 Å². The van der Waals surface area contributed by atoms with E-state index in [0.717, 1.165) is 25.7 Å². The van der Waals surface area contributed by atoms with Gasteiger partial charge in [-0.3, -0.25) is 0 Å². The summed E-state index contributed by atoms with van der Waals surface area (Å²) in [5.74, 6) is -1.34. The molecule has 0 radical (unpaired) electrons. The summed E-state index contributed by atoms with van der Waals surface area (Å²) in [5.41, 5.74) is 0. The zero-order chi connectivity index (χ0) is 14.7. The predicted molar refractivity (Wildman–Crippen MR) is 65.8 cm³/mol. The number of carbonyl (C=O) groups excluding carboxylic acids is 1. The van der Waals surface area contributed by atoms with Crippen molar-refractivity contribution in [2.24, 2.45) is 0 Å². The molecule has 6 heteroatoms. The molecule has 1 unspecified atom stereocenters. The van der Waals surface area contributed by atoms with Crippen LogP contribution < -0.4 is 0 Å². The van der Waals surface area contributed by atoms with Crippen molar-refractivity contribution < 1.29 is 27.4 Å². The molecule has 0 aromatic heterocycles. The van der Waals surface area contributed by atoms with E-state index in [1.165, 1.54) is 0 Å². The number of hydrogen-bond acceptors (Lipinski definition) is 3. The number of rotatable bonds is 10. The van der Waals surface area contributed by atoms with Gasteiger partial charge in [0.15, 0.2) is 0 Å². The van der Waals surface area contributed by atoms with E-state index < -0.39 is 18.2 Å². The van der Waals surface area contributed by atoms with Crippen LogP contribution >= 0.6 is 0 Å². The fourth-order valence-electron chi connectivity index (χ4n) is 1.42. The Morgan fingerprint density at radius 3 is 2.16 bits per heavy atom. The number of hydrogen-bond donors (Lipinski definition) is 0. The molecule has 0 aliphatic rings. The summed E-state index contributed by atoms with van der Waals surface area (Å²) in [6.45, 7) is 3.79. The molecule has 0 aliphatic heterocycles. The third kappa shape index (κ3) is 8.86. The second kappa shape index (κ2) is 10.1. The maximum absolute atomic E-state index is 12.6. The molecule has 0 spiro atoms. The number of ether oxygens (including phenoxy) is 2. The Balaban J connectivity index is 4.12. The molecule has 0 rings (SSSR count). The van der Waals surface area contributed by atoms with Crippen molar-refractivity contribution in [3.8, 4) is 0 Å².